The Balaban J connectivity index is 1.23. The van der Waals surface area contributed by atoms with Gasteiger partial charge in [-0.15, -0.1) is 0 Å². The van der Waals surface area contributed by atoms with Crippen molar-refractivity contribution in [2.45, 2.75) is 44.9 Å². The minimum atomic E-state index is -0.0395. The van der Waals surface area contributed by atoms with E-state index >= 15 is 0 Å². The lowest BCUT2D eigenvalue weighted by molar-refractivity contribution is 0.107. The van der Waals surface area contributed by atoms with Gasteiger partial charge in [-0.1, -0.05) is 18.6 Å². The van der Waals surface area contributed by atoms with Crippen molar-refractivity contribution in [1.29, 1.82) is 0 Å². The predicted molar refractivity (Wildman–Crippen MR) is 119 cm³/mol. The first-order valence-electron chi connectivity index (χ1n) is 11.1. The molecule has 0 radical (unpaired) electrons. The van der Waals surface area contributed by atoms with Crippen molar-refractivity contribution in [2.75, 3.05) is 31.6 Å². The highest BCUT2D eigenvalue weighted by Crippen LogP contribution is 2.18. The second kappa shape index (κ2) is 9.11. The first kappa shape index (κ1) is 20.1. The predicted octanol–water partition coefficient (Wildman–Crippen LogP) is 2.23. The molecule has 1 saturated heterocycles. The van der Waals surface area contributed by atoms with Gasteiger partial charge in [0.15, 0.2) is 0 Å². The quantitative estimate of drug-likeness (QED) is 0.654. The molecule has 2 aromatic heterocycles. The maximum absolute atomic E-state index is 12.5. The van der Waals surface area contributed by atoms with Gasteiger partial charge in [-0.3, -0.25) is 14.7 Å². The van der Waals surface area contributed by atoms with Crippen LogP contribution in [-0.4, -0.2) is 56.9 Å². The van der Waals surface area contributed by atoms with Crippen LogP contribution in [0.4, 0.5) is 5.82 Å². The van der Waals surface area contributed by atoms with E-state index in [2.05, 4.69) is 25.3 Å². The van der Waals surface area contributed by atoms with Crippen molar-refractivity contribution in [3.05, 3.63) is 58.1 Å². The van der Waals surface area contributed by atoms with Crippen LogP contribution >= 0.6 is 0 Å². The average molecular weight is 421 g/mol. The molecule has 8 nitrogen and oxygen atoms in total. The van der Waals surface area contributed by atoms with Crippen molar-refractivity contribution in [1.82, 2.24) is 24.6 Å². The maximum atomic E-state index is 12.5. The van der Waals surface area contributed by atoms with Gasteiger partial charge in [0.25, 0.3) is 5.56 Å². The monoisotopic (exact) mass is 420 g/mol. The lowest BCUT2D eigenvalue weighted by atomic mass is 10.0. The molecule has 2 aliphatic rings. The Morgan fingerprint density at radius 3 is 3.00 bits per heavy atom. The lowest BCUT2D eigenvalue weighted by Gasteiger charge is -2.36. The van der Waals surface area contributed by atoms with E-state index < -0.39 is 0 Å². The summed E-state index contributed by atoms with van der Waals surface area (Å²) in [5.74, 6) is 0.805. The molecule has 1 unspecified atom stereocenters. The SMILES string of the molecule is O=c1cc2c(nn1CCN1CCCCC1CNc1cnc3ccccc3n1)CCOC2. The van der Waals surface area contributed by atoms with Gasteiger partial charge in [0, 0.05) is 37.2 Å². The van der Waals surface area contributed by atoms with E-state index in [-0.39, 0.29) is 5.56 Å². The molecule has 0 bridgehead atoms. The second-order valence-corrected chi connectivity index (χ2v) is 8.29. The molecule has 31 heavy (non-hydrogen) atoms. The Morgan fingerprint density at radius 1 is 1.16 bits per heavy atom. The standard InChI is InChI=1S/C23H28N6O2/c30-23-13-17-16-31-12-8-19(17)27-29(23)11-10-28-9-4-3-5-18(28)14-25-22-15-24-20-6-1-2-7-21(20)26-22/h1-2,6-7,13,15,18H,3-5,8-12,14,16H2,(H,25,26). The topological polar surface area (TPSA) is 85.2 Å². The molecule has 1 atom stereocenters. The number of rotatable bonds is 6. The number of fused-ring (bicyclic) bond motifs is 2. The summed E-state index contributed by atoms with van der Waals surface area (Å²) in [6.07, 6.45) is 6.13. The first-order valence-corrected chi connectivity index (χ1v) is 11.1. The van der Waals surface area contributed by atoms with Gasteiger partial charge in [0.1, 0.15) is 5.82 Å². The second-order valence-electron chi connectivity index (χ2n) is 8.29. The largest absolute Gasteiger partial charge is 0.376 e. The first-order chi connectivity index (χ1) is 15.3. The fourth-order valence-corrected chi connectivity index (χ4v) is 4.49. The van der Waals surface area contributed by atoms with Gasteiger partial charge >= 0.3 is 0 Å². The number of aromatic nitrogens is 4. The normalized spacial score (nSPS) is 19.3. The zero-order valence-corrected chi connectivity index (χ0v) is 17.7. The molecule has 162 valence electrons. The minimum Gasteiger partial charge on any atom is -0.376 e. The summed E-state index contributed by atoms with van der Waals surface area (Å²) in [5, 5.41) is 8.08. The van der Waals surface area contributed by atoms with Crippen LogP contribution in [0.3, 0.4) is 0 Å². The molecule has 5 rings (SSSR count). The molecule has 0 amide bonds. The van der Waals surface area contributed by atoms with Crippen LogP contribution in [-0.2, 0) is 24.3 Å². The number of nitrogens with one attached hydrogen (secondary N) is 1. The molecule has 1 aromatic carbocycles. The van der Waals surface area contributed by atoms with E-state index in [4.69, 9.17) is 4.74 Å². The highest BCUT2D eigenvalue weighted by molar-refractivity contribution is 5.75. The summed E-state index contributed by atoms with van der Waals surface area (Å²) in [6, 6.07) is 10.0. The molecule has 0 spiro atoms. The molecular formula is C23H28N6O2. The van der Waals surface area contributed by atoms with Crippen molar-refractivity contribution < 1.29 is 4.74 Å². The van der Waals surface area contributed by atoms with Gasteiger partial charge in [0.2, 0.25) is 0 Å². The highest BCUT2D eigenvalue weighted by atomic mass is 16.5. The van der Waals surface area contributed by atoms with Gasteiger partial charge in [-0.25, -0.2) is 9.67 Å². The number of piperidine rings is 1. The van der Waals surface area contributed by atoms with Crippen molar-refractivity contribution >= 4 is 16.9 Å². The van der Waals surface area contributed by atoms with Crippen LogP contribution in [0.5, 0.6) is 0 Å². The smallest absolute Gasteiger partial charge is 0.267 e. The van der Waals surface area contributed by atoms with Gasteiger partial charge in [-0.2, -0.15) is 5.10 Å². The van der Waals surface area contributed by atoms with Crippen LogP contribution in [0.15, 0.2) is 41.3 Å². The third-order valence-corrected chi connectivity index (χ3v) is 6.22. The van der Waals surface area contributed by atoms with E-state index in [1.54, 1.807) is 16.9 Å². The van der Waals surface area contributed by atoms with Crippen LogP contribution < -0.4 is 10.9 Å². The summed E-state index contributed by atoms with van der Waals surface area (Å²) in [5.41, 5.74) is 3.70. The number of ether oxygens (including phenoxy) is 1. The maximum Gasteiger partial charge on any atom is 0.267 e. The van der Waals surface area contributed by atoms with Gasteiger partial charge in [0.05, 0.1) is 42.7 Å². The number of hydrogen-bond donors (Lipinski definition) is 1. The number of likely N-dealkylation sites (tertiary alicyclic amines) is 1. The Kier molecular flexibility index (Phi) is 5.90. The van der Waals surface area contributed by atoms with E-state index in [1.807, 2.05) is 24.3 Å². The number of hydrogen-bond acceptors (Lipinski definition) is 7. The summed E-state index contributed by atoms with van der Waals surface area (Å²) in [6.45, 7) is 4.46. The zero-order valence-electron chi connectivity index (χ0n) is 17.7. The molecule has 0 aliphatic carbocycles. The number of nitrogens with zero attached hydrogens (tertiary/aromatic N) is 5. The highest BCUT2D eigenvalue weighted by Gasteiger charge is 2.23. The number of anilines is 1. The summed E-state index contributed by atoms with van der Waals surface area (Å²) in [7, 11) is 0. The van der Waals surface area contributed by atoms with Crippen LogP contribution in [0.25, 0.3) is 11.0 Å². The fraction of sp³-hybridized carbons (Fsp3) is 0.478. The fourth-order valence-electron chi connectivity index (χ4n) is 4.49. The average Bonchev–Trinajstić information content (AvgIpc) is 2.82. The Bertz CT molecular complexity index is 1110. The molecule has 4 heterocycles. The Hall–Kier alpha value is -2.84. The molecule has 8 heteroatoms. The molecule has 3 aromatic rings. The molecule has 1 fully saturated rings. The third-order valence-electron chi connectivity index (χ3n) is 6.22. The Labute approximate surface area is 181 Å². The van der Waals surface area contributed by atoms with Crippen molar-refractivity contribution in [3.63, 3.8) is 0 Å². The van der Waals surface area contributed by atoms with E-state index in [0.717, 1.165) is 60.6 Å². The molecular weight excluding hydrogens is 392 g/mol. The van der Waals surface area contributed by atoms with E-state index in [9.17, 15) is 4.79 Å². The number of benzene rings is 1. The minimum absolute atomic E-state index is 0.0395. The molecule has 2 aliphatic heterocycles. The van der Waals surface area contributed by atoms with Gasteiger partial charge in [-0.05, 0) is 31.5 Å². The molecule has 0 saturated carbocycles. The molecule has 1 N–H and O–H groups in total. The van der Waals surface area contributed by atoms with Crippen molar-refractivity contribution in [3.8, 4) is 0 Å². The summed E-state index contributed by atoms with van der Waals surface area (Å²) >= 11 is 0. The summed E-state index contributed by atoms with van der Waals surface area (Å²) in [4.78, 5) is 24.1. The van der Waals surface area contributed by atoms with Crippen LogP contribution in [0, 0.1) is 0 Å². The van der Waals surface area contributed by atoms with Crippen molar-refractivity contribution in [2.24, 2.45) is 0 Å². The van der Waals surface area contributed by atoms with Gasteiger partial charge < -0.3 is 10.1 Å². The third kappa shape index (κ3) is 4.60. The Morgan fingerprint density at radius 2 is 2.06 bits per heavy atom. The van der Waals surface area contributed by atoms with E-state index in [1.165, 1.54) is 12.8 Å². The lowest BCUT2D eigenvalue weighted by Crippen LogP contribution is -2.46. The van der Waals surface area contributed by atoms with Crippen LogP contribution in [0.1, 0.15) is 30.5 Å². The zero-order chi connectivity index (χ0) is 21.0. The van der Waals surface area contributed by atoms with Crippen LogP contribution in [0.2, 0.25) is 0 Å². The summed E-state index contributed by atoms with van der Waals surface area (Å²) < 4.78 is 7.06. The number of para-hydroxylation sites is 2. The van der Waals surface area contributed by atoms with E-state index in [0.29, 0.717) is 25.8 Å².